The topological polar surface area (TPSA) is 93.9 Å². The van der Waals surface area contributed by atoms with Crippen molar-refractivity contribution >= 4 is 6.09 Å². The highest BCUT2D eigenvalue weighted by atomic mass is 16.4. The Morgan fingerprint density at radius 2 is 1.95 bits per heavy atom. The molecule has 1 aromatic carbocycles. The number of aromatic hydroxyl groups is 1. The smallest absolute Gasteiger partial charge is 0.407 e. The van der Waals surface area contributed by atoms with Gasteiger partial charge in [0.2, 0.25) is 0 Å². The van der Waals surface area contributed by atoms with Gasteiger partial charge in [-0.15, -0.1) is 0 Å². The van der Waals surface area contributed by atoms with Crippen LogP contribution in [0.5, 0.6) is 5.75 Å². The average molecular weight is 302 g/mol. The number of aliphatic hydroxyl groups excluding tert-OH is 1. The maximum absolute atomic E-state index is 11.3. The lowest BCUT2D eigenvalue weighted by molar-refractivity contribution is 0.0971. The summed E-state index contributed by atoms with van der Waals surface area (Å²) in [6.45, 7) is 0.247. The maximum Gasteiger partial charge on any atom is 0.407 e. The van der Waals surface area contributed by atoms with Crippen molar-refractivity contribution in [1.29, 1.82) is 0 Å². The lowest BCUT2D eigenvalue weighted by Crippen LogP contribution is -2.35. The third-order valence-electron chi connectivity index (χ3n) is 3.34. The zero-order chi connectivity index (χ0) is 15.9. The Morgan fingerprint density at radius 1 is 1.23 bits per heavy atom. The van der Waals surface area contributed by atoms with Crippen molar-refractivity contribution in [3.63, 3.8) is 0 Å². The maximum atomic E-state index is 11.3. The van der Waals surface area contributed by atoms with Crippen LogP contribution in [0.3, 0.4) is 0 Å². The van der Waals surface area contributed by atoms with E-state index in [0.29, 0.717) is 12.0 Å². The van der Waals surface area contributed by atoms with Gasteiger partial charge in [-0.05, 0) is 30.2 Å². The molecule has 0 saturated heterocycles. The second-order valence-corrected chi connectivity index (χ2v) is 4.95. The van der Waals surface area contributed by atoms with Gasteiger partial charge >= 0.3 is 6.09 Å². The summed E-state index contributed by atoms with van der Waals surface area (Å²) in [5.41, 5.74) is 1.50. The van der Waals surface area contributed by atoms with Crippen LogP contribution >= 0.6 is 0 Å². The van der Waals surface area contributed by atoms with Gasteiger partial charge < -0.3 is 20.2 Å². The first-order valence-corrected chi connectivity index (χ1v) is 6.90. The van der Waals surface area contributed by atoms with E-state index in [1.807, 2.05) is 0 Å². The third kappa shape index (κ3) is 4.46. The molecule has 0 aliphatic rings. The van der Waals surface area contributed by atoms with Crippen LogP contribution in [-0.2, 0) is 6.42 Å². The van der Waals surface area contributed by atoms with E-state index >= 15 is 0 Å². The van der Waals surface area contributed by atoms with Crippen LogP contribution in [0.4, 0.5) is 4.79 Å². The molecular formula is C16H18N2O4. The molecule has 0 fully saturated rings. The van der Waals surface area contributed by atoms with Gasteiger partial charge in [-0.25, -0.2) is 4.79 Å². The van der Waals surface area contributed by atoms with E-state index in [4.69, 9.17) is 0 Å². The first-order valence-electron chi connectivity index (χ1n) is 6.90. The standard InChI is InChI=1S/C16H18N2O4/c19-14-5-3-12(4-6-14)7-9-18(16(21)22)11-15(20)13-2-1-8-17-10-13/h1-6,8,10,15,19-20H,7,9,11H2,(H,21,22)/t15-/m0/s1. The van der Waals surface area contributed by atoms with E-state index in [-0.39, 0.29) is 18.8 Å². The first kappa shape index (κ1) is 15.8. The fourth-order valence-electron chi connectivity index (χ4n) is 2.08. The minimum Gasteiger partial charge on any atom is -0.508 e. The van der Waals surface area contributed by atoms with Gasteiger partial charge in [0.15, 0.2) is 0 Å². The van der Waals surface area contributed by atoms with Crippen molar-refractivity contribution in [3.8, 4) is 5.75 Å². The molecule has 6 nitrogen and oxygen atoms in total. The van der Waals surface area contributed by atoms with Gasteiger partial charge in [-0.3, -0.25) is 4.98 Å². The number of aliphatic hydroxyl groups is 1. The zero-order valence-corrected chi connectivity index (χ0v) is 12.0. The van der Waals surface area contributed by atoms with E-state index in [0.717, 1.165) is 5.56 Å². The van der Waals surface area contributed by atoms with Crippen molar-refractivity contribution in [1.82, 2.24) is 9.88 Å². The second kappa shape index (κ2) is 7.42. The molecule has 2 rings (SSSR count). The number of nitrogens with zero attached hydrogens (tertiary/aromatic N) is 2. The fraction of sp³-hybridized carbons (Fsp3) is 0.250. The van der Waals surface area contributed by atoms with Crippen LogP contribution in [0.15, 0.2) is 48.8 Å². The Bertz CT molecular complexity index is 601. The van der Waals surface area contributed by atoms with Crippen molar-refractivity contribution in [2.45, 2.75) is 12.5 Å². The van der Waals surface area contributed by atoms with Crippen LogP contribution in [0.2, 0.25) is 0 Å². The van der Waals surface area contributed by atoms with Crippen LogP contribution in [-0.4, -0.2) is 44.4 Å². The third-order valence-corrected chi connectivity index (χ3v) is 3.34. The monoisotopic (exact) mass is 302 g/mol. The molecule has 0 bridgehead atoms. The minimum absolute atomic E-state index is 0.0148. The van der Waals surface area contributed by atoms with Crippen molar-refractivity contribution in [3.05, 3.63) is 59.9 Å². The highest BCUT2D eigenvalue weighted by Crippen LogP contribution is 2.14. The number of hydrogen-bond donors (Lipinski definition) is 3. The minimum atomic E-state index is -1.08. The molecule has 6 heteroatoms. The van der Waals surface area contributed by atoms with E-state index in [2.05, 4.69) is 4.98 Å². The lowest BCUT2D eigenvalue weighted by Gasteiger charge is -2.22. The van der Waals surface area contributed by atoms with E-state index in [1.54, 1.807) is 42.6 Å². The molecule has 1 atom stereocenters. The quantitative estimate of drug-likeness (QED) is 0.759. The summed E-state index contributed by atoms with van der Waals surface area (Å²) in [6, 6.07) is 10.0. The zero-order valence-electron chi connectivity index (χ0n) is 12.0. The number of amides is 1. The predicted molar refractivity (Wildman–Crippen MR) is 80.6 cm³/mol. The van der Waals surface area contributed by atoms with Crippen LogP contribution < -0.4 is 0 Å². The molecular weight excluding hydrogens is 284 g/mol. The van der Waals surface area contributed by atoms with E-state index in [9.17, 15) is 20.1 Å². The Kier molecular flexibility index (Phi) is 5.32. The average Bonchev–Trinajstić information content (AvgIpc) is 2.53. The molecule has 1 amide bonds. The molecule has 22 heavy (non-hydrogen) atoms. The Labute approximate surface area is 128 Å². The van der Waals surface area contributed by atoms with Crippen LogP contribution in [0.25, 0.3) is 0 Å². The van der Waals surface area contributed by atoms with Crippen molar-refractivity contribution in [2.75, 3.05) is 13.1 Å². The largest absolute Gasteiger partial charge is 0.508 e. The van der Waals surface area contributed by atoms with Crippen molar-refractivity contribution in [2.24, 2.45) is 0 Å². The Morgan fingerprint density at radius 3 is 2.55 bits per heavy atom. The van der Waals surface area contributed by atoms with E-state index in [1.165, 1.54) is 11.1 Å². The SMILES string of the molecule is O=C(O)N(CCc1ccc(O)cc1)C[C@H](O)c1cccnc1. The van der Waals surface area contributed by atoms with Crippen LogP contribution in [0, 0.1) is 0 Å². The van der Waals surface area contributed by atoms with E-state index < -0.39 is 12.2 Å². The van der Waals surface area contributed by atoms with Gasteiger partial charge in [-0.1, -0.05) is 18.2 Å². The van der Waals surface area contributed by atoms with Gasteiger partial charge in [0.25, 0.3) is 0 Å². The molecule has 2 aromatic rings. The normalized spacial score (nSPS) is 11.9. The second-order valence-electron chi connectivity index (χ2n) is 4.95. The van der Waals surface area contributed by atoms with Gasteiger partial charge in [-0.2, -0.15) is 0 Å². The lowest BCUT2D eigenvalue weighted by atomic mass is 10.1. The molecule has 1 heterocycles. The van der Waals surface area contributed by atoms with Gasteiger partial charge in [0, 0.05) is 24.5 Å². The molecule has 116 valence electrons. The predicted octanol–water partition coefficient (Wildman–Crippen LogP) is 2.04. The number of carboxylic acid groups (broad SMARTS) is 1. The molecule has 0 unspecified atom stereocenters. The molecule has 1 aromatic heterocycles. The summed E-state index contributed by atoms with van der Waals surface area (Å²) >= 11 is 0. The molecule has 3 N–H and O–H groups in total. The highest BCUT2D eigenvalue weighted by Gasteiger charge is 2.17. The summed E-state index contributed by atoms with van der Waals surface area (Å²) in [6.07, 6.45) is 1.62. The van der Waals surface area contributed by atoms with Crippen molar-refractivity contribution < 1.29 is 20.1 Å². The van der Waals surface area contributed by atoms with Crippen LogP contribution in [0.1, 0.15) is 17.2 Å². The number of carbonyl (C=O) groups is 1. The number of benzene rings is 1. The first-order chi connectivity index (χ1) is 10.6. The molecule has 0 saturated carbocycles. The fourth-order valence-corrected chi connectivity index (χ4v) is 2.08. The Hall–Kier alpha value is -2.60. The Balaban J connectivity index is 1.95. The molecule has 0 aliphatic heterocycles. The summed E-state index contributed by atoms with van der Waals surface area (Å²) in [4.78, 5) is 16.4. The molecule has 0 spiro atoms. The number of phenols is 1. The van der Waals surface area contributed by atoms with Gasteiger partial charge in [0.05, 0.1) is 12.6 Å². The molecule has 0 aliphatic carbocycles. The molecule has 0 radical (unpaired) electrons. The number of phenolic OH excluding ortho intramolecular Hbond substituents is 1. The summed E-state index contributed by atoms with van der Waals surface area (Å²) in [5.74, 6) is 0.172. The summed E-state index contributed by atoms with van der Waals surface area (Å²) in [5, 5.41) is 28.6. The number of hydrogen-bond acceptors (Lipinski definition) is 4. The number of rotatable bonds is 6. The summed E-state index contributed by atoms with van der Waals surface area (Å²) < 4.78 is 0. The highest BCUT2D eigenvalue weighted by molar-refractivity contribution is 5.65. The summed E-state index contributed by atoms with van der Waals surface area (Å²) in [7, 11) is 0. The van der Waals surface area contributed by atoms with Gasteiger partial charge in [0.1, 0.15) is 5.75 Å². The number of aromatic nitrogens is 1. The number of pyridine rings is 1.